The Bertz CT molecular complexity index is 1430. The van der Waals surface area contributed by atoms with Gasteiger partial charge in [-0.25, -0.2) is 4.98 Å². The molecule has 2 atom stereocenters. The molecule has 1 aromatic heterocycles. The summed E-state index contributed by atoms with van der Waals surface area (Å²) in [6, 6.07) is 13.2. The second kappa shape index (κ2) is 13.9. The minimum Gasteiger partial charge on any atom is -0.494 e. The molecular formula is C32H42BrN7O2P+. The molecule has 228 valence electrons. The molecule has 3 aliphatic heterocycles. The quantitative estimate of drug-likeness (QED) is 0.212. The molecule has 43 heavy (non-hydrogen) atoms. The topological polar surface area (TPSA) is 94.6 Å². The van der Waals surface area contributed by atoms with Crippen molar-refractivity contribution in [3.63, 3.8) is 0 Å². The van der Waals surface area contributed by atoms with Gasteiger partial charge in [-0.05, 0) is 65.4 Å². The fourth-order valence-electron chi connectivity index (χ4n) is 6.61. The first-order valence-electron chi connectivity index (χ1n) is 15.5. The van der Waals surface area contributed by atoms with Gasteiger partial charge in [0, 0.05) is 80.9 Å². The SMILES string of the molecule is CCc1cc(Nc2ncc(Br)c(Nc3ccc(C4CCC[P+]4=O)cc3)n2)c(OC)cc1N1CCC(N2CCNCC2)CC1. The second-order valence-corrected chi connectivity index (χ2v) is 14.4. The highest BCUT2D eigenvalue weighted by Crippen LogP contribution is 2.50. The number of halogens is 1. The maximum atomic E-state index is 12.3. The number of nitrogens with zero attached hydrogens (tertiary/aromatic N) is 4. The number of rotatable bonds is 9. The molecule has 2 aromatic carbocycles. The van der Waals surface area contributed by atoms with E-state index in [4.69, 9.17) is 9.72 Å². The van der Waals surface area contributed by atoms with Crippen LogP contribution in [0.25, 0.3) is 0 Å². The Balaban J connectivity index is 1.15. The van der Waals surface area contributed by atoms with Gasteiger partial charge in [-0.3, -0.25) is 4.90 Å². The first-order chi connectivity index (χ1) is 21.0. The Morgan fingerprint density at radius 1 is 1.07 bits per heavy atom. The predicted molar refractivity (Wildman–Crippen MR) is 179 cm³/mol. The number of aromatic nitrogens is 2. The Labute approximate surface area is 264 Å². The molecule has 3 N–H and O–H groups in total. The van der Waals surface area contributed by atoms with E-state index >= 15 is 0 Å². The summed E-state index contributed by atoms with van der Waals surface area (Å²) in [6.45, 7) is 8.84. The van der Waals surface area contributed by atoms with Crippen LogP contribution < -0.4 is 25.6 Å². The van der Waals surface area contributed by atoms with Crippen LogP contribution in [0.2, 0.25) is 0 Å². The third kappa shape index (κ3) is 6.98. The number of hydrogen-bond acceptors (Lipinski definition) is 9. The van der Waals surface area contributed by atoms with Gasteiger partial charge in [-0.15, -0.1) is 0 Å². The lowest BCUT2D eigenvalue weighted by Gasteiger charge is -2.41. The van der Waals surface area contributed by atoms with Crippen LogP contribution >= 0.6 is 23.7 Å². The number of nitrogens with one attached hydrogen (secondary N) is 3. The molecule has 3 aliphatic rings. The Hall–Kier alpha value is -2.78. The lowest BCUT2D eigenvalue weighted by atomic mass is 9.99. The van der Waals surface area contributed by atoms with E-state index in [9.17, 15) is 4.57 Å². The zero-order chi connectivity index (χ0) is 29.8. The summed E-state index contributed by atoms with van der Waals surface area (Å²) in [6.07, 6.45) is 7.95. The maximum Gasteiger partial charge on any atom is 0.346 e. The van der Waals surface area contributed by atoms with Crippen LogP contribution in [-0.2, 0) is 11.0 Å². The smallest absolute Gasteiger partial charge is 0.346 e. The van der Waals surface area contributed by atoms with E-state index in [-0.39, 0.29) is 5.66 Å². The molecule has 11 heteroatoms. The normalized spacial score (nSPS) is 20.8. The summed E-state index contributed by atoms with van der Waals surface area (Å²) in [5.74, 6) is 1.92. The predicted octanol–water partition coefficient (Wildman–Crippen LogP) is 6.83. The Morgan fingerprint density at radius 2 is 1.84 bits per heavy atom. The molecular weight excluding hydrogens is 625 g/mol. The maximum absolute atomic E-state index is 12.3. The van der Waals surface area contributed by atoms with Crippen molar-refractivity contribution in [2.45, 2.75) is 50.7 Å². The molecule has 3 fully saturated rings. The fraction of sp³-hybridized carbons (Fsp3) is 0.500. The molecule has 3 aromatic rings. The van der Waals surface area contributed by atoms with E-state index in [0.29, 0.717) is 17.8 Å². The monoisotopic (exact) mass is 666 g/mol. The van der Waals surface area contributed by atoms with Gasteiger partial charge in [-0.1, -0.05) is 23.6 Å². The van der Waals surface area contributed by atoms with E-state index in [0.717, 1.165) is 91.9 Å². The summed E-state index contributed by atoms with van der Waals surface area (Å²) in [4.78, 5) is 14.5. The fourth-order valence-corrected chi connectivity index (χ4v) is 8.68. The van der Waals surface area contributed by atoms with Crippen LogP contribution in [0.4, 0.5) is 28.8 Å². The highest BCUT2D eigenvalue weighted by molar-refractivity contribution is 9.10. The molecule has 0 spiro atoms. The van der Waals surface area contributed by atoms with Crippen LogP contribution in [-0.4, -0.2) is 73.4 Å². The standard InChI is InChI=1S/C32H42BrN7O2P/c1-3-22-19-27(29(42-2)20-28(22)40-14-10-25(11-15-40)39-16-12-34-13-17-39)37-32-35-21-26(33)31(38-32)36-24-8-6-23(7-9-24)30-5-4-18-43(30)41/h6-9,19-21,25,30,34H,3-5,10-18H2,1-2H3,(H2,35,36,37,38)/q+1. The number of anilines is 5. The zero-order valence-electron chi connectivity index (χ0n) is 25.1. The minimum absolute atomic E-state index is 0.184. The second-order valence-electron chi connectivity index (χ2n) is 11.6. The van der Waals surface area contributed by atoms with Crippen molar-refractivity contribution >= 4 is 52.6 Å². The number of ether oxygens (including phenoxy) is 1. The van der Waals surface area contributed by atoms with E-state index in [1.165, 1.54) is 24.1 Å². The lowest BCUT2D eigenvalue weighted by Crippen LogP contribution is -2.52. The number of piperazine rings is 1. The van der Waals surface area contributed by atoms with E-state index < -0.39 is 7.80 Å². The molecule has 3 saturated heterocycles. The summed E-state index contributed by atoms with van der Waals surface area (Å²) in [7, 11) is 0.577. The molecule has 2 unspecified atom stereocenters. The van der Waals surface area contributed by atoms with Crippen molar-refractivity contribution in [3.8, 4) is 5.75 Å². The van der Waals surface area contributed by atoms with Gasteiger partial charge in [0.05, 0.1) is 17.3 Å². The van der Waals surface area contributed by atoms with Gasteiger partial charge in [0.25, 0.3) is 0 Å². The molecule has 0 radical (unpaired) electrons. The average Bonchev–Trinajstić information content (AvgIpc) is 3.49. The lowest BCUT2D eigenvalue weighted by molar-refractivity contribution is 0.150. The first-order valence-corrected chi connectivity index (χ1v) is 17.8. The molecule has 6 rings (SSSR count). The summed E-state index contributed by atoms with van der Waals surface area (Å²) in [5, 5.41) is 10.3. The van der Waals surface area contributed by atoms with Crippen LogP contribution in [0, 0.1) is 0 Å². The molecule has 0 amide bonds. The molecule has 9 nitrogen and oxygen atoms in total. The van der Waals surface area contributed by atoms with Gasteiger partial charge in [-0.2, -0.15) is 4.98 Å². The number of hydrogen-bond donors (Lipinski definition) is 3. The number of benzene rings is 2. The molecule has 4 heterocycles. The number of methoxy groups -OCH3 is 1. The van der Waals surface area contributed by atoms with E-state index in [2.05, 4.69) is 77.9 Å². The summed E-state index contributed by atoms with van der Waals surface area (Å²) >= 11 is 3.59. The first kappa shape index (κ1) is 30.3. The van der Waals surface area contributed by atoms with E-state index in [1.807, 2.05) is 12.1 Å². The Morgan fingerprint density at radius 3 is 2.51 bits per heavy atom. The minimum atomic E-state index is -1.14. The van der Waals surface area contributed by atoms with Crippen molar-refractivity contribution < 1.29 is 9.30 Å². The van der Waals surface area contributed by atoms with Gasteiger partial charge < -0.3 is 25.6 Å². The number of piperidine rings is 1. The summed E-state index contributed by atoms with van der Waals surface area (Å²) < 4.78 is 19.0. The van der Waals surface area contributed by atoms with Crippen molar-refractivity contribution in [3.05, 3.63) is 58.2 Å². The van der Waals surface area contributed by atoms with Gasteiger partial charge in [0.1, 0.15) is 17.7 Å². The van der Waals surface area contributed by atoms with Crippen LogP contribution in [0.1, 0.15) is 49.4 Å². The van der Waals surface area contributed by atoms with E-state index in [1.54, 1.807) is 13.3 Å². The highest BCUT2D eigenvalue weighted by Gasteiger charge is 2.37. The molecule has 0 bridgehead atoms. The zero-order valence-corrected chi connectivity index (χ0v) is 27.6. The number of aryl methyl sites for hydroxylation is 1. The highest BCUT2D eigenvalue weighted by atomic mass is 79.9. The molecule has 0 saturated carbocycles. The average molecular weight is 668 g/mol. The van der Waals surface area contributed by atoms with Crippen molar-refractivity contribution in [2.75, 3.05) is 68.1 Å². The van der Waals surface area contributed by atoms with Gasteiger partial charge in [0.2, 0.25) is 5.95 Å². The molecule has 0 aliphatic carbocycles. The van der Waals surface area contributed by atoms with Crippen LogP contribution in [0.15, 0.2) is 47.1 Å². The van der Waals surface area contributed by atoms with Crippen molar-refractivity contribution in [2.24, 2.45) is 0 Å². The van der Waals surface area contributed by atoms with Gasteiger partial charge in [0.15, 0.2) is 5.66 Å². The van der Waals surface area contributed by atoms with Crippen molar-refractivity contribution in [1.82, 2.24) is 20.2 Å². The largest absolute Gasteiger partial charge is 0.494 e. The van der Waals surface area contributed by atoms with Crippen LogP contribution in [0.3, 0.4) is 0 Å². The van der Waals surface area contributed by atoms with Crippen LogP contribution in [0.5, 0.6) is 5.75 Å². The van der Waals surface area contributed by atoms with Crippen molar-refractivity contribution in [1.29, 1.82) is 0 Å². The Kier molecular flexibility index (Phi) is 9.77. The summed E-state index contributed by atoms with van der Waals surface area (Å²) in [5.41, 5.74) is 5.64. The third-order valence-corrected chi connectivity index (χ3v) is 11.6. The van der Waals surface area contributed by atoms with Gasteiger partial charge >= 0.3 is 7.80 Å². The third-order valence-electron chi connectivity index (χ3n) is 9.01.